The molecule has 1 aliphatic rings. The first kappa shape index (κ1) is 16.6. The van der Waals surface area contributed by atoms with Crippen LogP contribution in [0.4, 0.5) is 5.69 Å². The molecule has 1 N–H and O–H groups in total. The molecule has 0 bridgehead atoms. The van der Waals surface area contributed by atoms with E-state index < -0.39 is 0 Å². The molecule has 1 saturated heterocycles. The largest absolute Gasteiger partial charge is 0.381 e. The molecule has 0 radical (unpaired) electrons. The normalized spacial score (nSPS) is 17.9. The van der Waals surface area contributed by atoms with E-state index in [4.69, 9.17) is 23.2 Å². The van der Waals surface area contributed by atoms with Gasteiger partial charge >= 0.3 is 0 Å². The van der Waals surface area contributed by atoms with Crippen LogP contribution < -0.4 is 5.32 Å². The van der Waals surface area contributed by atoms with Crippen molar-refractivity contribution >= 4 is 39.7 Å². The summed E-state index contributed by atoms with van der Waals surface area (Å²) in [5.74, 6) is 0. The second-order valence-corrected chi connectivity index (χ2v) is 7.45. The lowest BCUT2D eigenvalue weighted by Crippen LogP contribution is -2.25. The van der Waals surface area contributed by atoms with Crippen molar-refractivity contribution in [2.75, 3.05) is 18.4 Å². The molecule has 5 heteroatoms. The summed E-state index contributed by atoms with van der Waals surface area (Å²) in [5, 5.41) is 7.43. The van der Waals surface area contributed by atoms with Crippen LogP contribution in [0, 0.1) is 0 Å². The number of aromatic nitrogens is 1. The summed E-state index contributed by atoms with van der Waals surface area (Å²) >= 11 is 12.2. The van der Waals surface area contributed by atoms with Crippen LogP contribution in [0.3, 0.4) is 0 Å². The maximum Gasteiger partial charge on any atom is 0.0424 e. The van der Waals surface area contributed by atoms with E-state index in [1.165, 1.54) is 10.8 Å². The van der Waals surface area contributed by atoms with Gasteiger partial charge in [0.25, 0.3) is 0 Å². The van der Waals surface area contributed by atoms with Gasteiger partial charge in [-0.1, -0.05) is 29.3 Å². The SMILES string of the molecule is Clc1cc(Cl)cc(CN2CCC(Nc3ccc4cnccc4c3)C2)c1. The third kappa shape index (κ3) is 4.06. The number of nitrogens with zero attached hydrogens (tertiary/aromatic N) is 2. The zero-order valence-corrected chi connectivity index (χ0v) is 15.3. The molecule has 0 spiro atoms. The number of nitrogens with one attached hydrogen (secondary N) is 1. The quantitative estimate of drug-likeness (QED) is 0.680. The number of benzene rings is 2. The Morgan fingerprint density at radius 1 is 1.04 bits per heavy atom. The fraction of sp³-hybridized carbons (Fsp3) is 0.250. The third-order valence-corrected chi connectivity index (χ3v) is 5.05. The van der Waals surface area contributed by atoms with Crippen molar-refractivity contribution in [3.63, 3.8) is 0 Å². The van der Waals surface area contributed by atoms with Gasteiger partial charge in [-0.3, -0.25) is 9.88 Å². The smallest absolute Gasteiger partial charge is 0.0424 e. The van der Waals surface area contributed by atoms with Gasteiger partial charge in [0, 0.05) is 59.2 Å². The van der Waals surface area contributed by atoms with Crippen LogP contribution in [-0.2, 0) is 6.54 Å². The van der Waals surface area contributed by atoms with E-state index in [1.54, 1.807) is 6.07 Å². The number of pyridine rings is 1. The fourth-order valence-electron chi connectivity index (χ4n) is 3.46. The number of anilines is 1. The molecule has 3 aromatic rings. The molecule has 0 amide bonds. The summed E-state index contributed by atoms with van der Waals surface area (Å²) in [4.78, 5) is 6.60. The monoisotopic (exact) mass is 371 g/mol. The second kappa shape index (κ2) is 7.20. The van der Waals surface area contributed by atoms with Gasteiger partial charge < -0.3 is 5.32 Å². The lowest BCUT2D eigenvalue weighted by Gasteiger charge is -2.18. The van der Waals surface area contributed by atoms with Gasteiger partial charge in [0.05, 0.1) is 0 Å². The number of likely N-dealkylation sites (tertiary alicyclic amines) is 1. The standard InChI is InChI=1S/C20H19Cl2N3/c21-17-7-14(8-18(22)10-17)12-25-6-4-20(13-25)24-19-2-1-16-11-23-5-3-15(16)9-19/h1-3,5,7-11,20,24H,4,6,12-13H2. The number of rotatable bonds is 4. The molecule has 25 heavy (non-hydrogen) atoms. The first-order valence-corrected chi connectivity index (χ1v) is 9.19. The summed E-state index contributed by atoms with van der Waals surface area (Å²) < 4.78 is 0. The van der Waals surface area contributed by atoms with Gasteiger partial charge in [-0.2, -0.15) is 0 Å². The Hall–Kier alpha value is -1.81. The predicted molar refractivity (Wildman–Crippen MR) is 106 cm³/mol. The molecule has 1 aromatic heterocycles. The summed E-state index contributed by atoms with van der Waals surface area (Å²) in [6.07, 6.45) is 4.86. The Morgan fingerprint density at radius 2 is 1.88 bits per heavy atom. The van der Waals surface area contributed by atoms with Gasteiger partial charge in [0.2, 0.25) is 0 Å². The van der Waals surface area contributed by atoms with Crippen LogP contribution in [-0.4, -0.2) is 29.0 Å². The highest BCUT2D eigenvalue weighted by molar-refractivity contribution is 6.34. The number of fused-ring (bicyclic) bond motifs is 1. The van der Waals surface area contributed by atoms with E-state index in [0.29, 0.717) is 16.1 Å². The minimum Gasteiger partial charge on any atom is -0.381 e. The van der Waals surface area contributed by atoms with Crippen LogP contribution in [0.2, 0.25) is 10.0 Å². The minimum absolute atomic E-state index is 0.453. The number of hydrogen-bond donors (Lipinski definition) is 1. The molecular weight excluding hydrogens is 353 g/mol. The molecular formula is C20H19Cl2N3. The van der Waals surface area contributed by atoms with E-state index >= 15 is 0 Å². The van der Waals surface area contributed by atoms with E-state index in [1.807, 2.05) is 30.6 Å². The summed E-state index contributed by atoms with van der Waals surface area (Å²) in [6, 6.07) is 14.7. The van der Waals surface area contributed by atoms with E-state index in [9.17, 15) is 0 Å². The maximum atomic E-state index is 6.10. The predicted octanol–water partition coefficient (Wildman–Crippen LogP) is 5.23. The number of hydrogen-bond acceptors (Lipinski definition) is 3. The first-order valence-electron chi connectivity index (χ1n) is 8.43. The summed E-state index contributed by atoms with van der Waals surface area (Å²) in [7, 11) is 0. The second-order valence-electron chi connectivity index (χ2n) is 6.58. The van der Waals surface area contributed by atoms with Gasteiger partial charge in [0.1, 0.15) is 0 Å². The summed E-state index contributed by atoms with van der Waals surface area (Å²) in [5.41, 5.74) is 2.33. The molecule has 0 aliphatic carbocycles. The van der Waals surface area contributed by atoms with Gasteiger partial charge in [0.15, 0.2) is 0 Å². The van der Waals surface area contributed by atoms with Gasteiger partial charge in [-0.15, -0.1) is 0 Å². The van der Waals surface area contributed by atoms with Crippen molar-refractivity contribution in [3.8, 4) is 0 Å². The van der Waals surface area contributed by atoms with Crippen molar-refractivity contribution in [3.05, 3.63) is 70.5 Å². The van der Waals surface area contributed by atoms with Crippen molar-refractivity contribution < 1.29 is 0 Å². The molecule has 0 saturated carbocycles. The topological polar surface area (TPSA) is 28.2 Å². The zero-order chi connectivity index (χ0) is 17.2. The highest BCUT2D eigenvalue weighted by Gasteiger charge is 2.22. The van der Waals surface area contributed by atoms with Crippen LogP contribution in [0.15, 0.2) is 54.9 Å². The van der Waals surface area contributed by atoms with Crippen LogP contribution in [0.5, 0.6) is 0 Å². The van der Waals surface area contributed by atoms with Crippen molar-refractivity contribution in [2.45, 2.75) is 19.0 Å². The zero-order valence-electron chi connectivity index (χ0n) is 13.8. The van der Waals surface area contributed by atoms with Gasteiger partial charge in [-0.05, 0) is 53.8 Å². The van der Waals surface area contributed by atoms with Crippen LogP contribution in [0.1, 0.15) is 12.0 Å². The Balaban J connectivity index is 1.40. The Morgan fingerprint density at radius 3 is 2.72 bits per heavy atom. The highest BCUT2D eigenvalue weighted by Crippen LogP contribution is 2.24. The fourth-order valence-corrected chi connectivity index (χ4v) is 4.03. The Kier molecular flexibility index (Phi) is 4.80. The molecule has 1 unspecified atom stereocenters. The highest BCUT2D eigenvalue weighted by atomic mass is 35.5. The minimum atomic E-state index is 0.453. The summed E-state index contributed by atoms with van der Waals surface area (Å²) in [6.45, 7) is 2.96. The molecule has 1 aliphatic heterocycles. The average Bonchev–Trinajstić information content (AvgIpc) is 3.00. The molecule has 1 fully saturated rings. The molecule has 128 valence electrons. The molecule has 2 aromatic carbocycles. The van der Waals surface area contributed by atoms with Crippen molar-refractivity contribution in [1.29, 1.82) is 0 Å². The number of halogens is 2. The first-order chi connectivity index (χ1) is 12.2. The molecule has 3 nitrogen and oxygen atoms in total. The van der Waals surface area contributed by atoms with Crippen LogP contribution >= 0.6 is 23.2 Å². The van der Waals surface area contributed by atoms with Crippen LogP contribution in [0.25, 0.3) is 10.8 Å². The van der Waals surface area contributed by atoms with Gasteiger partial charge in [-0.25, -0.2) is 0 Å². The lowest BCUT2D eigenvalue weighted by atomic mass is 10.1. The maximum absolute atomic E-state index is 6.10. The molecule has 1 atom stereocenters. The Labute approximate surface area is 157 Å². The molecule has 4 rings (SSSR count). The average molecular weight is 372 g/mol. The van der Waals surface area contributed by atoms with Crippen molar-refractivity contribution in [1.82, 2.24) is 9.88 Å². The van der Waals surface area contributed by atoms with Crippen molar-refractivity contribution in [2.24, 2.45) is 0 Å². The lowest BCUT2D eigenvalue weighted by molar-refractivity contribution is 0.328. The van der Waals surface area contributed by atoms with E-state index in [0.717, 1.165) is 37.3 Å². The third-order valence-electron chi connectivity index (χ3n) is 4.61. The van der Waals surface area contributed by atoms with E-state index in [2.05, 4.69) is 33.4 Å². The Bertz CT molecular complexity index is 877. The molecule has 2 heterocycles. The van der Waals surface area contributed by atoms with E-state index in [-0.39, 0.29) is 0 Å².